The summed E-state index contributed by atoms with van der Waals surface area (Å²) in [7, 11) is -1.58. The minimum Gasteiger partial charge on any atom is -0.314 e. The molecule has 0 bridgehead atoms. The van der Waals surface area contributed by atoms with Gasteiger partial charge < -0.3 is 5.32 Å². The van der Waals surface area contributed by atoms with Crippen LogP contribution in [0.25, 0.3) is 0 Å². The van der Waals surface area contributed by atoms with Gasteiger partial charge in [-0.1, -0.05) is 6.42 Å². The van der Waals surface area contributed by atoms with Gasteiger partial charge in [0.05, 0.1) is 0 Å². The van der Waals surface area contributed by atoms with Crippen molar-refractivity contribution >= 4 is 10.2 Å². The summed E-state index contributed by atoms with van der Waals surface area (Å²) < 4.78 is 27.8. The van der Waals surface area contributed by atoms with E-state index in [0.717, 1.165) is 25.8 Å². The quantitative estimate of drug-likeness (QED) is 0.729. The second-order valence-electron chi connectivity index (χ2n) is 5.15. The molecule has 6 heteroatoms. The van der Waals surface area contributed by atoms with Crippen molar-refractivity contribution in [1.82, 2.24) is 14.3 Å². The zero-order valence-electron chi connectivity index (χ0n) is 10.5. The molecule has 0 aromatic rings. The van der Waals surface area contributed by atoms with E-state index in [1.807, 2.05) is 0 Å². The second-order valence-corrected chi connectivity index (χ2v) is 6.96. The molecule has 1 saturated carbocycles. The van der Waals surface area contributed by atoms with Gasteiger partial charge in [-0.05, 0) is 38.6 Å². The number of nitrogens with zero attached hydrogens (tertiary/aromatic N) is 1. The van der Waals surface area contributed by atoms with E-state index < -0.39 is 10.2 Å². The van der Waals surface area contributed by atoms with Crippen LogP contribution in [0.5, 0.6) is 0 Å². The first-order chi connectivity index (χ1) is 8.08. The highest BCUT2D eigenvalue weighted by atomic mass is 32.2. The highest BCUT2D eigenvalue weighted by Crippen LogP contribution is 2.20. The summed E-state index contributed by atoms with van der Waals surface area (Å²) in [5.74, 6) is 0. The number of piperidine rings is 1. The van der Waals surface area contributed by atoms with Crippen LogP contribution < -0.4 is 10.0 Å². The van der Waals surface area contributed by atoms with E-state index in [2.05, 4.69) is 10.0 Å². The molecule has 0 aromatic heterocycles. The van der Waals surface area contributed by atoms with Gasteiger partial charge in [-0.2, -0.15) is 17.4 Å². The van der Waals surface area contributed by atoms with Crippen LogP contribution in [-0.2, 0) is 10.2 Å². The highest BCUT2D eigenvalue weighted by molar-refractivity contribution is 7.87. The van der Waals surface area contributed by atoms with Crippen molar-refractivity contribution < 1.29 is 8.42 Å². The molecule has 1 aliphatic carbocycles. The SMILES string of the molecule is CN(CCC1CCCCN1)S(=O)(=O)NC1CC1. The molecule has 0 aromatic carbocycles. The summed E-state index contributed by atoms with van der Waals surface area (Å²) in [6.45, 7) is 1.67. The second kappa shape index (κ2) is 5.65. The average molecular weight is 261 g/mol. The van der Waals surface area contributed by atoms with Gasteiger partial charge in [0.2, 0.25) is 0 Å². The Labute approximate surface area is 104 Å². The summed E-state index contributed by atoms with van der Waals surface area (Å²) in [6.07, 6.45) is 6.54. The Morgan fingerprint density at radius 1 is 1.29 bits per heavy atom. The Morgan fingerprint density at radius 2 is 2.06 bits per heavy atom. The molecule has 2 rings (SSSR count). The normalized spacial score (nSPS) is 26.4. The molecule has 1 atom stereocenters. The predicted octanol–water partition coefficient (Wildman–Crippen LogP) is 0.447. The first-order valence-electron chi connectivity index (χ1n) is 6.55. The topological polar surface area (TPSA) is 61.4 Å². The lowest BCUT2D eigenvalue weighted by molar-refractivity contribution is 0.350. The van der Waals surface area contributed by atoms with Crippen molar-refractivity contribution in [2.24, 2.45) is 0 Å². The van der Waals surface area contributed by atoms with Gasteiger partial charge in [0.15, 0.2) is 0 Å². The molecule has 100 valence electrons. The Morgan fingerprint density at radius 3 is 2.65 bits per heavy atom. The van der Waals surface area contributed by atoms with Crippen molar-refractivity contribution in [2.75, 3.05) is 20.1 Å². The van der Waals surface area contributed by atoms with E-state index >= 15 is 0 Å². The monoisotopic (exact) mass is 261 g/mol. The molecule has 1 heterocycles. The lowest BCUT2D eigenvalue weighted by Gasteiger charge is -2.25. The number of hydrogen-bond donors (Lipinski definition) is 2. The average Bonchev–Trinajstić information content (AvgIpc) is 3.10. The fourth-order valence-corrected chi connectivity index (χ4v) is 3.31. The van der Waals surface area contributed by atoms with Gasteiger partial charge in [0.1, 0.15) is 0 Å². The lowest BCUT2D eigenvalue weighted by atomic mass is 10.0. The smallest absolute Gasteiger partial charge is 0.279 e. The van der Waals surface area contributed by atoms with Crippen LogP contribution >= 0.6 is 0 Å². The van der Waals surface area contributed by atoms with Crippen molar-refractivity contribution in [3.63, 3.8) is 0 Å². The molecule has 2 fully saturated rings. The van der Waals surface area contributed by atoms with Crippen LogP contribution in [0.4, 0.5) is 0 Å². The van der Waals surface area contributed by atoms with Gasteiger partial charge in [-0.25, -0.2) is 0 Å². The van der Waals surface area contributed by atoms with Crippen LogP contribution in [0.15, 0.2) is 0 Å². The zero-order valence-corrected chi connectivity index (χ0v) is 11.3. The lowest BCUT2D eigenvalue weighted by Crippen LogP contribution is -2.42. The van der Waals surface area contributed by atoms with Gasteiger partial charge in [-0.3, -0.25) is 0 Å². The van der Waals surface area contributed by atoms with Gasteiger partial charge in [0.25, 0.3) is 10.2 Å². The van der Waals surface area contributed by atoms with Crippen molar-refractivity contribution in [3.8, 4) is 0 Å². The maximum absolute atomic E-state index is 11.8. The van der Waals surface area contributed by atoms with E-state index in [1.54, 1.807) is 7.05 Å². The number of nitrogens with one attached hydrogen (secondary N) is 2. The highest BCUT2D eigenvalue weighted by Gasteiger charge is 2.29. The molecule has 0 radical (unpaired) electrons. The summed E-state index contributed by atoms with van der Waals surface area (Å²) in [6, 6.07) is 0.678. The third-order valence-electron chi connectivity index (χ3n) is 3.51. The van der Waals surface area contributed by atoms with E-state index in [-0.39, 0.29) is 6.04 Å². The van der Waals surface area contributed by atoms with Crippen molar-refractivity contribution in [1.29, 1.82) is 0 Å². The Bertz CT molecular complexity index is 335. The molecule has 1 aliphatic heterocycles. The zero-order chi connectivity index (χ0) is 12.3. The minimum atomic E-state index is -3.24. The van der Waals surface area contributed by atoms with E-state index in [4.69, 9.17) is 0 Å². The largest absolute Gasteiger partial charge is 0.314 e. The van der Waals surface area contributed by atoms with Crippen LogP contribution in [-0.4, -0.2) is 44.9 Å². The van der Waals surface area contributed by atoms with Gasteiger partial charge >= 0.3 is 0 Å². The Balaban J connectivity index is 1.73. The number of rotatable bonds is 6. The van der Waals surface area contributed by atoms with E-state index in [0.29, 0.717) is 12.6 Å². The van der Waals surface area contributed by atoms with Gasteiger partial charge in [-0.15, -0.1) is 0 Å². The van der Waals surface area contributed by atoms with Crippen molar-refractivity contribution in [2.45, 2.75) is 50.6 Å². The fourth-order valence-electron chi connectivity index (χ4n) is 2.13. The molecule has 2 aliphatic rings. The maximum Gasteiger partial charge on any atom is 0.279 e. The maximum atomic E-state index is 11.8. The Kier molecular flexibility index (Phi) is 4.41. The number of hydrogen-bond acceptors (Lipinski definition) is 3. The summed E-state index contributed by atoms with van der Waals surface area (Å²) >= 11 is 0. The first kappa shape index (κ1) is 13.3. The molecule has 5 nitrogen and oxygen atoms in total. The summed E-state index contributed by atoms with van der Waals surface area (Å²) in [4.78, 5) is 0. The molecular weight excluding hydrogens is 238 g/mol. The van der Waals surface area contributed by atoms with Crippen LogP contribution in [0.3, 0.4) is 0 Å². The molecule has 17 heavy (non-hydrogen) atoms. The van der Waals surface area contributed by atoms with Gasteiger partial charge in [0, 0.05) is 25.7 Å². The third-order valence-corrected chi connectivity index (χ3v) is 5.14. The summed E-state index contributed by atoms with van der Waals surface area (Å²) in [5, 5.41) is 3.44. The summed E-state index contributed by atoms with van der Waals surface area (Å²) in [5.41, 5.74) is 0. The molecule has 2 N–H and O–H groups in total. The van der Waals surface area contributed by atoms with Crippen LogP contribution in [0.1, 0.15) is 38.5 Å². The van der Waals surface area contributed by atoms with Crippen LogP contribution in [0.2, 0.25) is 0 Å². The standard InChI is InChI=1S/C11H23N3O2S/c1-14(17(15,16)13-11-5-6-11)9-7-10-4-2-3-8-12-10/h10-13H,2-9H2,1H3. The third kappa shape index (κ3) is 4.21. The fraction of sp³-hybridized carbons (Fsp3) is 1.00. The molecule has 1 unspecified atom stereocenters. The first-order valence-corrected chi connectivity index (χ1v) is 7.99. The Hall–Kier alpha value is -0.170. The predicted molar refractivity (Wildman–Crippen MR) is 68.0 cm³/mol. The van der Waals surface area contributed by atoms with Crippen LogP contribution in [0, 0.1) is 0 Å². The molecular formula is C11H23N3O2S. The molecule has 1 saturated heterocycles. The molecule has 0 amide bonds. The van der Waals surface area contributed by atoms with E-state index in [1.165, 1.54) is 23.6 Å². The van der Waals surface area contributed by atoms with Crippen molar-refractivity contribution in [3.05, 3.63) is 0 Å². The minimum absolute atomic E-state index is 0.190. The van der Waals surface area contributed by atoms with E-state index in [9.17, 15) is 8.42 Å². The molecule has 0 spiro atoms.